The van der Waals surface area contributed by atoms with Gasteiger partial charge in [0.1, 0.15) is 0 Å². The molecule has 0 unspecified atom stereocenters. The van der Waals surface area contributed by atoms with Crippen molar-refractivity contribution in [2.45, 2.75) is 6.54 Å². The molecule has 1 N–H and O–H groups in total. The van der Waals surface area contributed by atoms with Crippen LogP contribution < -0.4 is 10.1 Å². The lowest BCUT2D eigenvalue weighted by Crippen LogP contribution is -2.20. The lowest BCUT2D eigenvalue weighted by molar-refractivity contribution is -0.385. The average molecular weight is 336 g/mol. The third-order valence-corrected chi connectivity index (χ3v) is 3.50. The van der Waals surface area contributed by atoms with Crippen molar-refractivity contribution in [3.8, 4) is 5.75 Å². The van der Waals surface area contributed by atoms with E-state index in [-0.39, 0.29) is 18.0 Å². The molecule has 8 nitrogen and oxygen atoms in total. The van der Waals surface area contributed by atoms with Crippen LogP contribution in [0.15, 0.2) is 29.6 Å². The Balaban J connectivity index is 1.91. The molecule has 0 aliphatic rings. The number of rotatable bonds is 7. The molecular weight excluding hydrogens is 320 g/mol. The van der Waals surface area contributed by atoms with E-state index in [4.69, 9.17) is 4.74 Å². The van der Waals surface area contributed by atoms with E-state index in [0.29, 0.717) is 11.7 Å². The lowest BCUT2D eigenvalue weighted by Gasteiger charge is -2.06. The zero-order chi connectivity index (χ0) is 16.8. The highest BCUT2D eigenvalue weighted by atomic mass is 32.1. The van der Waals surface area contributed by atoms with Gasteiger partial charge in [0.2, 0.25) is 0 Å². The summed E-state index contributed by atoms with van der Waals surface area (Å²) in [4.78, 5) is 28.4. The molecule has 0 spiro atoms. The van der Waals surface area contributed by atoms with Crippen molar-refractivity contribution in [1.82, 2.24) is 9.88 Å². The van der Waals surface area contributed by atoms with Gasteiger partial charge in [-0.2, -0.15) is 0 Å². The minimum Gasteiger partial charge on any atom is -0.477 e. The van der Waals surface area contributed by atoms with Crippen LogP contribution in [-0.2, 0) is 11.3 Å². The normalized spacial score (nSPS) is 10.6. The molecule has 1 aromatic heterocycles. The maximum absolute atomic E-state index is 11.8. The summed E-state index contributed by atoms with van der Waals surface area (Å²) in [5, 5.41) is 15.8. The van der Waals surface area contributed by atoms with E-state index in [1.165, 1.54) is 29.5 Å². The molecule has 0 atom stereocenters. The second-order valence-electron chi connectivity index (χ2n) is 4.94. The number of nitro benzene ring substituents is 1. The second kappa shape index (κ2) is 7.65. The minimum atomic E-state index is -0.554. The molecule has 0 aliphatic carbocycles. The van der Waals surface area contributed by atoms with Crippen LogP contribution in [0.2, 0.25) is 0 Å². The van der Waals surface area contributed by atoms with Crippen molar-refractivity contribution in [3.63, 3.8) is 0 Å². The molecule has 23 heavy (non-hydrogen) atoms. The lowest BCUT2D eigenvalue weighted by atomic mass is 10.3. The monoisotopic (exact) mass is 336 g/mol. The van der Waals surface area contributed by atoms with Crippen molar-refractivity contribution < 1.29 is 14.5 Å². The zero-order valence-electron chi connectivity index (χ0n) is 12.7. The quantitative estimate of drug-likeness (QED) is 0.614. The molecule has 0 radical (unpaired) electrons. The minimum absolute atomic E-state index is 0.0556. The number of carbonyl (C=O) groups is 1. The molecule has 2 aromatic rings. The standard InChI is InChI=1S/C14H16N4O4S/c1-17(2)7-10-9-23-14(15-10)16-13(19)8-22-12-6-4-3-5-11(12)18(20)21/h3-6,9H,7-8H2,1-2H3,(H,15,16,19). The van der Waals surface area contributed by atoms with Gasteiger partial charge in [0.15, 0.2) is 17.5 Å². The van der Waals surface area contributed by atoms with Gasteiger partial charge in [0.05, 0.1) is 10.6 Å². The SMILES string of the molecule is CN(C)Cc1csc(NC(=O)COc2ccccc2[N+](=O)[O-])n1. The molecule has 0 bridgehead atoms. The maximum Gasteiger partial charge on any atom is 0.310 e. The van der Waals surface area contributed by atoms with Crippen molar-refractivity contribution in [1.29, 1.82) is 0 Å². The number of anilines is 1. The maximum atomic E-state index is 11.8. The Kier molecular flexibility index (Phi) is 5.61. The highest BCUT2D eigenvalue weighted by Gasteiger charge is 2.15. The fourth-order valence-electron chi connectivity index (χ4n) is 1.79. The van der Waals surface area contributed by atoms with Gasteiger partial charge in [0, 0.05) is 18.0 Å². The molecule has 0 saturated heterocycles. The number of hydrogen-bond donors (Lipinski definition) is 1. The first-order valence-corrected chi connectivity index (χ1v) is 7.59. The number of nitrogens with one attached hydrogen (secondary N) is 1. The fourth-order valence-corrected chi connectivity index (χ4v) is 2.51. The van der Waals surface area contributed by atoms with Crippen LogP contribution in [0, 0.1) is 10.1 Å². The van der Waals surface area contributed by atoms with Crippen molar-refractivity contribution >= 4 is 28.1 Å². The first-order chi connectivity index (χ1) is 11.0. The fraction of sp³-hybridized carbons (Fsp3) is 0.286. The van der Waals surface area contributed by atoms with E-state index in [2.05, 4.69) is 10.3 Å². The molecular formula is C14H16N4O4S. The molecule has 0 aliphatic heterocycles. The van der Waals surface area contributed by atoms with Crippen LogP contribution >= 0.6 is 11.3 Å². The number of benzene rings is 1. The number of nitrogens with zero attached hydrogens (tertiary/aromatic N) is 3. The predicted octanol–water partition coefficient (Wildman–Crippen LogP) is 2.13. The number of amides is 1. The van der Waals surface area contributed by atoms with Gasteiger partial charge in [-0.25, -0.2) is 4.98 Å². The number of hydrogen-bond acceptors (Lipinski definition) is 7. The summed E-state index contributed by atoms with van der Waals surface area (Å²) < 4.78 is 5.22. The number of carbonyl (C=O) groups excluding carboxylic acids is 1. The number of aromatic nitrogens is 1. The molecule has 2 rings (SSSR count). The second-order valence-corrected chi connectivity index (χ2v) is 5.80. The van der Waals surface area contributed by atoms with Gasteiger partial charge < -0.3 is 9.64 Å². The van der Waals surface area contributed by atoms with E-state index < -0.39 is 10.8 Å². The van der Waals surface area contributed by atoms with Crippen molar-refractivity contribution in [3.05, 3.63) is 45.5 Å². The first-order valence-electron chi connectivity index (χ1n) is 6.71. The van der Waals surface area contributed by atoms with E-state index >= 15 is 0 Å². The van der Waals surface area contributed by atoms with Gasteiger partial charge in [-0.3, -0.25) is 20.2 Å². The topological polar surface area (TPSA) is 97.6 Å². The number of nitro groups is 1. The average Bonchev–Trinajstić information content (AvgIpc) is 2.91. The van der Waals surface area contributed by atoms with Gasteiger partial charge in [-0.15, -0.1) is 11.3 Å². The van der Waals surface area contributed by atoms with Crippen LogP contribution in [0.5, 0.6) is 5.75 Å². The number of para-hydroxylation sites is 2. The van der Waals surface area contributed by atoms with E-state index in [1.54, 1.807) is 6.07 Å². The Morgan fingerprint density at radius 2 is 2.17 bits per heavy atom. The zero-order valence-corrected chi connectivity index (χ0v) is 13.5. The molecule has 1 heterocycles. The van der Waals surface area contributed by atoms with Crippen molar-refractivity contribution in [2.75, 3.05) is 26.0 Å². The van der Waals surface area contributed by atoms with Crippen LogP contribution in [0.4, 0.5) is 10.8 Å². The summed E-state index contributed by atoms with van der Waals surface area (Å²) >= 11 is 1.32. The highest BCUT2D eigenvalue weighted by Crippen LogP contribution is 2.25. The largest absolute Gasteiger partial charge is 0.477 e. The van der Waals surface area contributed by atoms with E-state index in [9.17, 15) is 14.9 Å². The third-order valence-electron chi connectivity index (χ3n) is 2.70. The summed E-state index contributed by atoms with van der Waals surface area (Å²) in [7, 11) is 3.86. The van der Waals surface area contributed by atoms with E-state index in [0.717, 1.165) is 5.69 Å². The van der Waals surface area contributed by atoms with E-state index in [1.807, 2.05) is 24.4 Å². The van der Waals surface area contributed by atoms with Gasteiger partial charge in [-0.05, 0) is 20.2 Å². The van der Waals surface area contributed by atoms with Gasteiger partial charge >= 0.3 is 5.69 Å². The van der Waals surface area contributed by atoms with Crippen LogP contribution in [-0.4, -0.2) is 41.4 Å². The van der Waals surface area contributed by atoms with Crippen LogP contribution in [0.3, 0.4) is 0 Å². The van der Waals surface area contributed by atoms with Crippen LogP contribution in [0.25, 0.3) is 0 Å². The molecule has 122 valence electrons. The summed E-state index contributed by atoms with van der Waals surface area (Å²) in [6.07, 6.45) is 0. The molecule has 1 amide bonds. The van der Waals surface area contributed by atoms with Gasteiger partial charge in [-0.1, -0.05) is 12.1 Å². The summed E-state index contributed by atoms with van der Waals surface area (Å²) in [6, 6.07) is 5.91. The summed E-state index contributed by atoms with van der Waals surface area (Å²) in [6.45, 7) is 0.354. The molecule has 1 aromatic carbocycles. The van der Waals surface area contributed by atoms with Crippen LogP contribution in [0.1, 0.15) is 5.69 Å². The Morgan fingerprint density at radius 1 is 1.43 bits per heavy atom. The third kappa shape index (κ3) is 5.01. The number of thiazole rings is 1. The highest BCUT2D eigenvalue weighted by molar-refractivity contribution is 7.13. The Morgan fingerprint density at radius 3 is 2.87 bits per heavy atom. The number of ether oxygens (including phenoxy) is 1. The first kappa shape index (κ1) is 16.8. The van der Waals surface area contributed by atoms with Gasteiger partial charge in [0.25, 0.3) is 5.91 Å². The summed E-state index contributed by atoms with van der Waals surface area (Å²) in [5.41, 5.74) is 0.678. The Hall–Kier alpha value is -2.52. The Labute approximate surface area is 136 Å². The molecule has 0 saturated carbocycles. The summed E-state index contributed by atoms with van der Waals surface area (Å²) in [5.74, 6) is -0.367. The molecule has 9 heteroatoms. The molecule has 0 fully saturated rings. The van der Waals surface area contributed by atoms with Crippen molar-refractivity contribution in [2.24, 2.45) is 0 Å². The predicted molar refractivity (Wildman–Crippen MR) is 86.7 cm³/mol. The smallest absolute Gasteiger partial charge is 0.310 e. The Bertz CT molecular complexity index is 702.